The van der Waals surface area contributed by atoms with E-state index in [1.165, 1.54) is 28.7 Å². The Labute approximate surface area is 213 Å². The van der Waals surface area contributed by atoms with Gasteiger partial charge in [-0.05, 0) is 0 Å². The summed E-state index contributed by atoms with van der Waals surface area (Å²) in [5, 5.41) is 2.78. The summed E-state index contributed by atoms with van der Waals surface area (Å²) in [5.41, 5.74) is 8.31. The molecular formula is C32H20N2Te. The number of nitrogens with zero attached hydrogens (tertiary/aromatic N) is 2. The van der Waals surface area contributed by atoms with Crippen molar-refractivity contribution in [1.29, 1.82) is 0 Å². The minimum absolute atomic E-state index is 0.399. The van der Waals surface area contributed by atoms with Crippen LogP contribution < -0.4 is 0 Å². The summed E-state index contributed by atoms with van der Waals surface area (Å²) >= 11 is -0.399. The van der Waals surface area contributed by atoms with E-state index >= 15 is 0 Å². The number of hydrogen-bond acceptors (Lipinski definition) is 2. The first-order valence-electron chi connectivity index (χ1n) is 11.7. The Balaban J connectivity index is 1.46. The van der Waals surface area contributed by atoms with Crippen LogP contribution >= 0.6 is 0 Å². The predicted octanol–water partition coefficient (Wildman–Crippen LogP) is 7.99. The van der Waals surface area contributed by atoms with Gasteiger partial charge >= 0.3 is 214 Å². The first-order chi connectivity index (χ1) is 17.3. The Kier molecular flexibility index (Phi) is 4.98. The van der Waals surface area contributed by atoms with Gasteiger partial charge in [-0.25, -0.2) is 0 Å². The molecule has 0 aliphatic carbocycles. The minimum atomic E-state index is -0.399. The van der Waals surface area contributed by atoms with Gasteiger partial charge in [0.2, 0.25) is 0 Å². The molecule has 0 fully saturated rings. The molecule has 3 heteroatoms. The van der Waals surface area contributed by atoms with Crippen molar-refractivity contribution in [3.8, 4) is 33.6 Å². The molecule has 0 aliphatic heterocycles. The third-order valence-electron chi connectivity index (χ3n) is 6.47. The van der Waals surface area contributed by atoms with Crippen molar-refractivity contribution in [1.82, 2.24) is 9.97 Å². The molecule has 7 rings (SSSR count). The molecule has 2 aromatic heterocycles. The van der Waals surface area contributed by atoms with Crippen molar-refractivity contribution in [2.45, 2.75) is 0 Å². The van der Waals surface area contributed by atoms with E-state index in [1.54, 1.807) is 0 Å². The van der Waals surface area contributed by atoms with Crippen molar-refractivity contribution in [2.75, 3.05) is 0 Å². The first-order valence-corrected chi connectivity index (χ1v) is 14.0. The quantitative estimate of drug-likeness (QED) is 0.205. The van der Waals surface area contributed by atoms with Gasteiger partial charge in [-0.2, -0.15) is 0 Å². The monoisotopic (exact) mass is 562 g/mol. The zero-order chi connectivity index (χ0) is 23.2. The summed E-state index contributed by atoms with van der Waals surface area (Å²) in [4.78, 5) is 10.3. The summed E-state index contributed by atoms with van der Waals surface area (Å²) in [5.74, 6) is 0. The molecule has 0 N–H and O–H groups in total. The second-order valence-electron chi connectivity index (χ2n) is 8.67. The van der Waals surface area contributed by atoms with E-state index in [-0.39, 0.29) is 0 Å². The van der Waals surface area contributed by atoms with Crippen molar-refractivity contribution >= 4 is 49.0 Å². The first kappa shape index (κ1) is 20.6. The van der Waals surface area contributed by atoms with Crippen LogP contribution in [-0.2, 0) is 0 Å². The Hall–Kier alpha value is -3.77. The normalized spacial score (nSPS) is 11.4. The molecule has 0 atom stereocenters. The van der Waals surface area contributed by atoms with Crippen LogP contribution in [0.15, 0.2) is 121 Å². The summed E-state index contributed by atoms with van der Waals surface area (Å²) in [6, 6.07) is 43.0. The molecule has 5 aromatic carbocycles. The van der Waals surface area contributed by atoms with Crippen molar-refractivity contribution < 1.29 is 0 Å². The maximum atomic E-state index is 5.15. The third kappa shape index (κ3) is 3.65. The van der Waals surface area contributed by atoms with Crippen molar-refractivity contribution in [3.05, 3.63) is 121 Å². The SMILES string of the molecule is c1ccc(-c2cccc(-c3nc4ccccc4nc3-c3ccc4c(c3)[te]c3ccccc34)c2)cc1. The molecule has 0 radical (unpaired) electrons. The van der Waals surface area contributed by atoms with E-state index in [0.29, 0.717) is 0 Å². The van der Waals surface area contributed by atoms with Crippen LogP contribution in [0.4, 0.5) is 0 Å². The van der Waals surface area contributed by atoms with Gasteiger partial charge < -0.3 is 0 Å². The van der Waals surface area contributed by atoms with E-state index in [0.717, 1.165) is 33.5 Å². The molecule has 7 aromatic rings. The molecular weight excluding hydrogens is 540 g/mol. The zero-order valence-electron chi connectivity index (χ0n) is 18.8. The van der Waals surface area contributed by atoms with E-state index in [2.05, 4.69) is 97.1 Å². The van der Waals surface area contributed by atoms with E-state index < -0.39 is 20.4 Å². The Morgan fingerprint density at radius 1 is 0.400 bits per heavy atom. The average Bonchev–Trinajstić information content (AvgIpc) is 3.31. The van der Waals surface area contributed by atoms with Gasteiger partial charge in [-0.1, -0.05) is 0 Å². The number of aromatic nitrogens is 2. The summed E-state index contributed by atoms with van der Waals surface area (Å²) < 4.78 is 3.00. The molecule has 2 heterocycles. The second kappa shape index (κ2) is 8.47. The third-order valence-corrected chi connectivity index (χ3v) is 9.70. The van der Waals surface area contributed by atoms with Gasteiger partial charge in [0, 0.05) is 0 Å². The van der Waals surface area contributed by atoms with Gasteiger partial charge in [0.1, 0.15) is 0 Å². The van der Waals surface area contributed by atoms with E-state index in [4.69, 9.17) is 9.97 Å². The standard InChI is InChI=1S/C32H20N2Te/c1-2-9-21(10-3-1)22-11-8-12-23(19-22)31-32(34-28-15-6-5-14-27(28)33-31)24-17-18-26-25-13-4-7-16-29(25)35-30(26)20-24/h1-20H. The zero-order valence-corrected chi connectivity index (χ0v) is 21.2. The van der Waals surface area contributed by atoms with Crippen LogP contribution in [0.1, 0.15) is 0 Å². The van der Waals surface area contributed by atoms with Crippen LogP contribution in [-0.4, -0.2) is 30.4 Å². The Morgan fingerprint density at radius 2 is 1.00 bits per heavy atom. The fraction of sp³-hybridized carbons (Fsp3) is 0. The van der Waals surface area contributed by atoms with Gasteiger partial charge in [0.25, 0.3) is 0 Å². The molecule has 164 valence electrons. The summed E-state index contributed by atoms with van der Waals surface area (Å²) in [6.45, 7) is 0. The molecule has 0 amide bonds. The number of fused-ring (bicyclic) bond motifs is 4. The molecule has 0 spiro atoms. The number of benzene rings is 5. The van der Waals surface area contributed by atoms with Crippen molar-refractivity contribution in [2.24, 2.45) is 0 Å². The van der Waals surface area contributed by atoms with Crippen LogP contribution in [0.2, 0.25) is 0 Å². The van der Waals surface area contributed by atoms with Gasteiger partial charge in [0.15, 0.2) is 0 Å². The molecule has 0 aliphatic rings. The average molecular weight is 560 g/mol. The van der Waals surface area contributed by atoms with Gasteiger partial charge in [0.05, 0.1) is 0 Å². The fourth-order valence-electron chi connectivity index (χ4n) is 4.75. The van der Waals surface area contributed by atoms with Crippen molar-refractivity contribution in [3.63, 3.8) is 0 Å². The number of hydrogen-bond donors (Lipinski definition) is 0. The van der Waals surface area contributed by atoms with E-state index in [1.807, 2.05) is 24.3 Å². The van der Waals surface area contributed by atoms with E-state index in [9.17, 15) is 0 Å². The predicted molar refractivity (Wildman–Crippen MR) is 148 cm³/mol. The number of rotatable bonds is 3. The summed E-state index contributed by atoms with van der Waals surface area (Å²) in [6.07, 6.45) is 0. The molecule has 0 unspecified atom stereocenters. The summed E-state index contributed by atoms with van der Waals surface area (Å²) in [7, 11) is 0. The molecule has 0 saturated heterocycles. The Bertz CT molecular complexity index is 1850. The van der Waals surface area contributed by atoms with Crippen LogP contribution in [0.5, 0.6) is 0 Å². The number of para-hydroxylation sites is 2. The van der Waals surface area contributed by atoms with Gasteiger partial charge in [-0.3, -0.25) is 0 Å². The van der Waals surface area contributed by atoms with Gasteiger partial charge in [-0.15, -0.1) is 0 Å². The maximum absolute atomic E-state index is 5.15. The van der Waals surface area contributed by atoms with Crippen LogP contribution in [0.25, 0.3) is 62.3 Å². The molecule has 2 nitrogen and oxygen atoms in total. The topological polar surface area (TPSA) is 25.8 Å². The second-order valence-corrected chi connectivity index (χ2v) is 11.8. The Morgan fingerprint density at radius 3 is 1.80 bits per heavy atom. The molecule has 35 heavy (non-hydrogen) atoms. The molecule has 0 bridgehead atoms. The fourth-order valence-corrected chi connectivity index (χ4v) is 8.02. The van der Waals surface area contributed by atoms with Crippen LogP contribution in [0, 0.1) is 0 Å². The van der Waals surface area contributed by atoms with Crippen LogP contribution in [0.3, 0.4) is 0 Å². The molecule has 0 saturated carbocycles.